The zero-order valence-corrected chi connectivity index (χ0v) is 15.5. The van der Waals surface area contributed by atoms with Crippen LogP contribution in [-0.4, -0.2) is 3.96 Å². The van der Waals surface area contributed by atoms with Crippen LogP contribution in [0.4, 0.5) is 0 Å². The van der Waals surface area contributed by atoms with Crippen LogP contribution < -0.4 is 5.56 Å². The van der Waals surface area contributed by atoms with Crippen LogP contribution in [0.15, 0.2) is 34.4 Å². The number of rotatable bonds is 10. The van der Waals surface area contributed by atoms with Crippen LogP contribution >= 0.6 is 23.1 Å². The number of nitrogens with zero attached hydrogens (tertiary/aromatic N) is 1. The zero-order chi connectivity index (χ0) is 16.5. The molecule has 1 heterocycles. The van der Waals surface area contributed by atoms with Crippen molar-refractivity contribution in [2.75, 3.05) is 0 Å². The van der Waals surface area contributed by atoms with E-state index in [1.54, 1.807) is 0 Å². The van der Waals surface area contributed by atoms with Crippen LogP contribution in [-0.2, 0) is 6.54 Å². The molecule has 0 N–H and O–H groups in total. The molecule has 126 valence electrons. The fraction of sp³-hybridized carbons (Fsp3) is 0.526. The number of halogens is 1. The molecule has 1 aromatic carbocycles. The Bertz CT molecular complexity index is 647. The molecule has 0 aliphatic carbocycles. The summed E-state index contributed by atoms with van der Waals surface area (Å²) in [7, 11) is 0. The highest BCUT2D eigenvalue weighted by atomic mass is 35.5. The predicted octanol–water partition coefficient (Wildman–Crippen LogP) is 6.37. The first-order valence-corrected chi connectivity index (χ1v) is 9.88. The largest absolute Gasteiger partial charge is 0.268 e. The molecular weight excluding hydrogens is 326 g/mol. The first-order chi connectivity index (χ1) is 11.2. The summed E-state index contributed by atoms with van der Waals surface area (Å²) >= 11 is 7.53. The second kappa shape index (κ2) is 9.94. The van der Waals surface area contributed by atoms with Crippen molar-refractivity contribution in [1.82, 2.24) is 3.96 Å². The van der Waals surface area contributed by atoms with Crippen LogP contribution in [0.2, 0.25) is 5.02 Å². The molecule has 0 fully saturated rings. The Hall–Kier alpha value is -1.06. The van der Waals surface area contributed by atoms with Crippen LogP contribution in [0.25, 0.3) is 11.1 Å². The number of hydrogen-bond donors (Lipinski definition) is 0. The lowest BCUT2D eigenvalue weighted by Crippen LogP contribution is -2.14. The number of benzene rings is 1. The molecule has 0 unspecified atom stereocenters. The summed E-state index contributed by atoms with van der Waals surface area (Å²) in [5.41, 5.74) is 1.78. The molecular formula is C19H26ClNOS. The molecule has 0 amide bonds. The van der Waals surface area contributed by atoms with Gasteiger partial charge in [-0.25, -0.2) is 0 Å². The lowest BCUT2D eigenvalue weighted by Gasteiger charge is -2.02. The third-order valence-corrected chi connectivity index (χ3v) is 5.28. The van der Waals surface area contributed by atoms with E-state index in [2.05, 4.69) is 6.92 Å². The van der Waals surface area contributed by atoms with Crippen molar-refractivity contribution in [2.45, 2.75) is 64.8 Å². The van der Waals surface area contributed by atoms with Crippen molar-refractivity contribution >= 4 is 23.1 Å². The highest BCUT2D eigenvalue weighted by molar-refractivity contribution is 7.04. The topological polar surface area (TPSA) is 22.0 Å². The van der Waals surface area contributed by atoms with Gasteiger partial charge in [0.25, 0.3) is 5.56 Å². The number of aromatic nitrogens is 1. The van der Waals surface area contributed by atoms with E-state index in [1.807, 2.05) is 33.6 Å². The Kier molecular flexibility index (Phi) is 7.90. The Labute approximate surface area is 148 Å². The van der Waals surface area contributed by atoms with Gasteiger partial charge < -0.3 is 0 Å². The van der Waals surface area contributed by atoms with E-state index < -0.39 is 0 Å². The Morgan fingerprint density at radius 3 is 2.43 bits per heavy atom. The molecule has 0 spiro atoms. The fourth-order valence-corrected chi connectivity index (χ4v) is 3.83. The van der Waals surface area contributed by atoms with Gasteiger partial charge in [0, 0.05) is 16.9 Å². The molecule has 23 heavy (non-hydrogen) atoms. The van der Waals surface area contributed by atoms with E-state index >= 15 is 0 Å². The fourth-order valence-electron chi connectivity index (χ4n) is 2.74. The summed E-state index contributed by atoms with van der Waals surface area (Å²) in [4.78, 5) is 12.4. The van der Waals surface area contributed by atoms with Crippen molar-refractivity contribution in [1.29, 1.82) is 0 Å². The molecule has 2 rings (SSSR count). The second-order valence-corrected chi connectivity index (χ2v) is 7.35. The first kappa shape index (κ1) is 18.3. The van der Waals surface area contributed by atoms with Crippen LogP contribution in [0.3, 0.4) is 0 Å². The quantitative estimate of drug-likeness (QED) is 0.456. The highest BCUT2D eigenvalue weighted by Crippen LogP contribution is 2.21. The average molecular weight is 352 g/mol. The molecule has 4 heteroatoms. The third kappa shape index (κ3) is 5.82. The van der Waals surface area contributed by atoms with E-state index in [4.69, 9.17) is 11.6 Å². The van der Waals surface area contributed by atoms with Gasteiger partial charge in [-0.3, -0.25) is 8.75 Å². The molecule has 1 aromatic heterocycles. The maximum Gasteiger partial charge on any atom is 0.268 e. The highest BCUT2D eigenvalue weighted by Gasteiger charge is 2.09. The standard InChI is InChI=1S/C19H26ClNOS/c1-2-3-4-5-6-7-8-9-13-21-19(22)18(15-23-21)16-11-10-12-17(20)14-16/h10-12,14-15H,2-9,13H2,1H3. The lowest BCUT2D eigenvalue weighted by molar-refractivity contribution is 0.551. The van der Waals surface area contributed by atoms with Gasteiger partial charge in [0.05, 0.1) is 5.56 Å². The van der Waals surface area contributed by atoms with Crippen LogP contribution in [0, 0.1) is 0 Å². The summed E-state index contributed by atoms with van der Waals surface area (Å²) in [6, 6.07) is 7.51. The summed E-state index contributed by atoms with van der Waals surface area (Å²) in [6.07, 6.45) is 10.3. The molecule has 0 radical (unpaired) electrons. The molecule has 2 aromatic rings. The van der Waals surface area contributed by atoms with Crippen molar-refractivity contribution in [3.63, 3.8) is 0 Å². The Morgan fingerprint density at radius 1 is 1.04 bits per heavy atom. The van der Waals surface area contributed by atoms with Gasteiger partial charge in [-0.2, -0.15) is 0 Å². The van der Waals surface area contributed by atoms with Gasteiger partial charge in [-0.1, -0.05) is 87.1 Å². The van der Waals surface area contributed by atoms with E-state index in [9.17, 15) is 4.79 Å². The molecule has 0 atom stereocenters. The van der Waals surface area contributed by atoms with Gasteiger partial charge in [-0.05, 0) is 24.1 Å². The third-order valence-electron chi connectivity index (χ3n) is 4.11. The number of unbranched alkanes of at least 4 members (excludes halogenated alkanes) is 7. The number of aryl methyl sites for hydroxylation is 1. The van der Waals surface area contributed by atoms with Crippen molar-refractivity contribution in [3.05, 3.63) is 45.0 Å². The van der Waals surface area contributed by atoms with E-state index in [0.29, 0.717) is 5.02 Å². The smallest absolute Gasteiger partial charge is 0.268 e. The number of hydrogen-bond acceptors (Lipinski definition) is 2. The second-order valence-electron chi connectivity index (χ2n) is 6.03. The maximum absolute atomic E-state index is 12.4. The Morgan fingerprint density at radius 2 is 1.74 bits per heavy atom. The van der Waals surface area contributed by atoms with Gasteiger partial charge in [0.15, 0.2) is 0 Å². The van der Waals surface area contributed by atoms with E-state index in [-0.39, 0.29) is 5.56 Å². The van der Waals surface area contributed by atoms with Crippen LogP contribution in [0.5, 0.6) is 0 Å². The molecule has 0 saturated carbocycles. The minimum absolute atomic E-state index is 0.111. The van der Waals surface area contributed by atoms with E-state index in [1.165, 1.54) is 56.5 Å². The minimum Gasteiger partial charge on any atom is -0.268 e. The summed E-state index contributed by atoms with van der Waals surface area (Å²) in [6.45, 7) is 3.08. The Balaban J connectivity index is 1.78. The lowest BCUT2D eigenvalue weighted by atomic mass is 10.1. The zero-order valence-electron chi connectivity index (χ0n) is 13.9. The summed E-state index contributed by atoms with van der Waals surface area (Å²) in [5, 5.41) is 2.61. The van der Waals surface area contributed by atoms with Gasteiger partial charge in [0.2, 0.25) is 0 Å². The molecule has 0 aliphatic heterocycles. The monoisotopic (exact) mass is 351 g/mol. The summed E-state index contributed by atoms with van der Waals surface area (Å²) in [5.74, 6) is 0. The molecule has 0 saturated heterocycles. The first-order valence-electron chi connectivity index (χ1n) is 8.67. The predicted molar refractivity (Wildman–Crippen MR) is 102 cm³/mol. The van der Waals surface area contributed by atoms with Gasteiger partial charge in [0.1, 0.15) is 0 Å². The molecule has 0 aliphatic rings. The SMILES string of the molecule is CCCCCCCCCCn1scc(-c2cccc(Cl)c2)c1=O. The molecule has 2 nitrogen and oxygen atoms in total. The average Bonchev–Trinajstić information content (AvgIpc) is 2.91. The minimum atomic E-state index is 0.111. The maximum atomic E-state index is 12.4. The summed E-state index contributed by atoms with van der Waals surface area (Å²) < 4.78 is 1.87. The molecule has 0 bridgehead atoms. The van der Waals surface area contributed by atoms with Crippen molar-refractivity contribution < 1.29 is 0 Å². The van der Waals surface area contributed by atoms with Crippen molar-refractivity contribution in [3.8, 4) is 11.1 Å². The normalized spacial score (nSPS) is 11.0. The van der Waals surface area contributed by atoms with Gasteiger partial charge >= 0.3 is 0 Å². The van der Waals surface area contributed by atoms with Crippen molar-refractivity contribution in [2.24, 2.45) is 0 Å². The van der Waals surface area contributed by atoms with Crippen LogP contribution in [0.1, 0.15) is 58.3 Å². The van der Waals surface area contributed by atoms with E-state index in [0.717, 1.165) is 24.1 Å². The van der Waals surface area contributed by atoms with Gasteiger partial charge in [-0.15, -0.1) is 0 Å².